The van der Waals surface area contributed by atoms with Crippen molar-refractivity contribution in [2.45, 2.75) is 65.1 Å². The van der Waals surface area contributed by atoms with Crippen molar-refractivity contribution in [3.05, 3.63) is 20.5 Å². The van der Waals surface area contributed by atoms with Gasteiger partial charge in [0.05, 0.1) is 11.2 Å². The molecule has 2 heterocycles. The van der Waals surface area contributed by atoms with Gasteiger partial charge < -0.3 is 0 Å². The SMILES string of the molecule is CCCCC1C2=C(NN(NC(C)=O)CS2)[N+](=O)C(CCC)[N+]1=O. The van der Waals surface area contributed by atoms with Crippen LogP contribution in [0, 0.1) is 9.81 Å². The predicted octanol–water partition coefficient (Wildman–Crippen LogP) is 1.97. The van der Waals surface area contributed by atoms with Crippen molar-refractivity contribution < 1.29 is 14.3 Å². The van der Waals surface area contributed by atoms with E-state index in [2.05, 4.69) is 17.8 Å². The largest absolute Gasteiger partial charge is 0.379 e. The lowest BCUT2D eigenvalue weighted by molar-refractivity contribution is -0.803. The lowest BCUT2D eigenvalue weighted by atomic mass is 10.1. The average Bonchev–Trinajstić information content (AvgIpc) is 2.51. The van der Waals surface area contributed by atoms with Crippen molar-refractivity contribution >= 4 is 17.7 Å². The number of carbonyl (C=O) groups is 1. The van der Waals surface area contributed by atoms with Gasteiger partial charge in [-0.15, -0.1) is 0 Å². The number of unbranched alkanes of at least 4 members (excludes halogenated alkanes) is 1. The third-order valence-electron chi connectivity index (χ3n) is 3.89. The molecule has 0 bridgehead atoms. The second kappa shape index (κ2) is 7.87. The summed E-state index contributed by atoms with van der Waals surface area (Å²) in [6.45, 7) is 5.45. The molecule has 0 aliphatic carbocycles. The summed E-state index contributed by atoms with van der Waals surface area (Å²) < 4.78 is 1.73. The number of nitrogens with one attached hydrogen (secondary N) is 2. The molecule has 0 aromatic rings. The molecule has 0 fully saturated rings. The van der Waals surface area contributed by atoms with Gasteiger partial charge in [0.15, 0.2) is 4.91 Å². The van der Waals surface area contributed by atoms with E-state index in [1.54, 1.807) is 0 Å². The first-order valence-electron chi connectivity index (χ1n) is 8.09. The Morgan fingerprint density at radius 2 is 2.09 bits per heavy atom. The van der Waals surface area contributed by atoms with E-state index >= 15 is 0 Å². The van der Waals surface area contributed by atoms with E-state index in [0.29, 0.717) is 18.1 Å². The molecular weight excluding hydrogens is 318 g/mol. The molecule has 0 aromatic carbocycles. The van der Waals surface area contributed by atoms with Crippen LogP contribution in [0.3, 0.4) is 0 Å². The molecule has 2 N–H and O–H groups in total. The maximum absolute atomic E-state index is 12.7. The van der Waals surface area contributed by atoms with Gasteiger partial charge in [0.2, 0.25) is 11.9 Å². The molecule has 1 amide bonds. The molecule has 8 nitrogen and oxygen atoms in total. The molecular formula is C14H25N5O3S+2. The second-order valence-electron chi connectivity index (χ2n) is 5.81. The molecule has 0 saturated carbocycles. The van der Waals surface area contributed by atoms with Gasteiger partial charge in [0, 0.05) is 23.0 Å². The minimum atomic E-state index is -0.717. The van der Waals surface area contributed by atoms with Gasteiger partial charge in [0.1, 0.15) is 5.88 Å². The molecule has 0 spiro atoms. The number of hydrogen-bond donors (Lipinski definition) is 2. The van der Waals surface area contributed by atoms with Gasteiger partial charge in [-0.2, -0.15) is 5.43 Å². The van der Waals surface area contributed by atoms with Crippen molar-refractivity contribution in [1.82, 2.24) is 16.0 Å². The molecule has 2 atom stereocenters. The zero-order chi connectivity index (χ0) is 17.0. The summed E-state index contributed by atoms with van der Waals surface area (Å²) in [7, 11) is 0. The molecule has 0 aromatic heterocycles. The highest BCUT2D eigenvalue weighted by molar-refractivity contribution is 8.03. The molecule has 128 valence electrons. The molecule has 0 radical (unpaired) electrons. The first-order chi connectivity index (χ1) is 11.0. The van der Waals surface area contributed by atoms with E-state index in [1.165, 1.54) is 23.8 Å². The van der Waals surface area contributed by atoms with Crippen LogP contribution in [-0.2, 0) is 4.79 Å². The van der Waals surface area contributed by atoms with Crippen LogP contribution < -0.4 is 10.9 Å². The highest BCUT2D eigenvalue weighted by atomic mass is 32.2. The summed E-state index contributed by atoms with van der Waals surface area (Å²) in [5.74, 6) is 0.622. The zero-order valence-electron chi connectivity index (χ0n) is 13.9. The van der Waals surface area contributed by atoms with Gasteiger partial charge in [-0.1, -0.05) is 36.9 Å². The molecule has 23 heavy (non-hydrogen) atoms. The molecule has 9 heteroatoms. The maximum Gasteiger partial charge on any atom is 0.379 e. The number of nitroso groups, excluding NO2 is 2. The van der Waals surface area contributed by atoms with E-state index < -0.39 is 6.17 Å². The Kier molecular flexibility index (Phi) is 6.11. The Hall–Kier alpha value is -1.48. The minimum absolute atomic E-state index is 0.214. The Balaban J connectivity index is 2.29. The van der Waals surface area contributed by atoms with Crippen LogP contribution in [0.4, 0.5) is 0 Å². The van der Waals surface area contributed by atoms with Crippen LogP contribution in [-0.4, -0.2) is 38.6 Å². The molecule has 2 aliphatic heterocycles. The van der Waals surface area contributed by atoms with Gasteiger partial charge in [-0.3, -0.25) is 10.2 Å². The number of hydrogen-bond acceptors (Lipinski definition) is 6. The summed E-state index contributed by atoms with van der Waals surface area (Å²) in [5.41, 5.74) is 5.58. The fourth-order valence-electron chi connectivity index (χ4n) is 2.81. The summed E-state index contributed by atoms with van der Waals surface area (Å²) in [4.78, 5) is 37.3. The standard InChI is InChI=1S/C14H24N5O3S/c1-4-6-8-11-13-14(16-17(9-23-13)15-10(3)20)19(22)12(7-5-2)18(11)21/h11-12,16H,4-9H2,1-3H3/q+1/p+1. The van der Waals surface area contributed by atoms with E-state index in [4.69, 9.17) is 0 Å². The highest BCUT2D eigenvalue weighted by Gasteiger charge is 2.54. The van der Waals surface area contributed by atoms with Crippen LogP contribution in [0.5, 0.6) is 0 Å². The summed E-state index contributed by atoms with van der Waals surface area (Å²) in [5, 5.41) is 1.48. The van der Waals surface area contributed by atoms with Crippen LogP contribution in [0.1, 0.15) is 52.9 Å². The van der Waals surface area contributed by atoms with Crippen molar-refractivity contribution in [2.75, 3.05) is 5.88 Å². The van der Waals surface area contributed by atoms with E-state index in [9.17, 15) is 14.6 Å². The van der Waals surface area contributed by atoms with Crippen molar-refractivity contribution in [3.63, 3.8) is 0 Å². The lowest BCUT2D eigenvalue weighted by Crippen LogP contribution is -2.58. The van der Waals surface area contributed by atoms with Crippen LogP contribution >= 0.6 is 11.8 Å². The molecule has 2 rings (SSSR count). The molecule has 2 aliphatic rings. The second-order valence-corrected chi connectivity index (χ2v) is 6.79. The minimum Gasteiger partial charge on any atom is -0.274 e. The molecule has 2 unspecified atom stereocenters. The Labute approximate surface area is 140 Å². The van der Waals surface area contributed by atoms with Crippen LogP contribution in [0.15, 0.2) is 10.7 Å². The summed E-state index contributed by atoms with van der Waals surface area (Å²) in [6.07, 6.45) is 3.23. The summed E-state index contributed by atoms with van der Waals surface area (Å²) >= 11 is 1.43. The van der Waals surface area contributed by atoms with Crippen molar-refractivity contribution in [2.24, 2.45) is 0 Å². The number of rotatable bonds is 6. The van der Waals surface area contributed by atoms with Gasteiger partial charge >= 0.3 is 12.0 Å². The van der Waals surface area contributed by atoms with Gasteiger partial charge in [-0.05, 0) is 18.0 Å². The highest BCUT2D eigenvalue weighted by Crippen LogP contribution is 2.36. The van der Waals surface area contributed by atoms with Gasteiger partial charge in [-0.25, -0.2) is 0 Å². The number of nitrogens with zero attached hydrogens (tertiary/aromatic N) is 3. The topological polar surface area (TPSA) is 84.5 Å². The van der Waals surface area contributed by atoms with Gasteiger partial charge in [0.25, 0.3) is 0 Å². The monoisotopic (exact) mass is 343 g/mol. The Morgan fingerprint density at radius 3 is 2.70 bits per heavy atom. The average molecular weight is 343 g/mol. The first kappa shape index (κ1) is 17.9. The third kappa shape index (κ3) is 3.89. The van der Waals surface area contributed by atoms with Crippen molar-refractivity contribution in [1.29, 1.82) is 0 Å². The zero-order valence-corrected chi connectivity index (χ0v) is 14.7. The summed E-state index contributed by atoms with van der Waals surface area (Å²) in [6, 6.07) is -0.288. The number of carbonyl (C=O) groups excluding carboxylic acids is 1. The van der Waals surface area contributed by atoms with E-state index in [-0.39, 0.29) is 11.9 Å². The Morgan fingerprint density at radius 1 is 1.35 bits per heavy atom. The fraction of sp³-hybridized carbons (Fsp3) is 0.786. The van der Waals surface area contributed by atoms with E-state index in [1.807, 2.05) is 6.92 Å². The number of hydrazine groups is 2. The predicted molar refractivity (Wildman–Crippen MR) is 87.5 cm³/mol. The normalized spacial score (nSPS) is 25.2. The smallest absolute Gasteiger partial charge is 0.274 e. The fourth-order valence-corrected chi connectivity index (χ4v) is 3.90. The van der Waals surface area contributed by atoms with Crippen LogP contribution in [0.2, 0.25) is 0 Å². The van der Waals surface area contributed by atoms with Crippen LogP contribution in [0.25, 0.3) is 0 Å². The molecule has 0 saturated heterocycles. The lowest BCUT2D eigenvalue weighted by Gasteiger charge is -2.29. The quantitative estimate of drug-likeness (QED) is 0.717. The maximum atomic E-state index is 12.7. The van der Waals surface area contributed by atoms with E-state index in [0.717, 1.165) is 40.1 Å². The Bertz CT molecular complexity index is 537. The third-order valence-corrected chi connectivity index (χ3v) is 5.05. The van der Waals surface area contributed by atoms with Crippen molar-refractivity contribution in [3.8, 4) is 0 Å². The number of thioether (sulfide) groups is 1. The number of amides is 1. The first-order valence-corrected chi connectivity index (χ1v) is 9.08.